The van der Waals surface area contributed by atoms with Crippen LogP contribution in [-0.2, 0) is 6.42 Å². The van der Waals surface area contributed by atoms with Gasteiger partial charge in [0.05, 0.1) is 3.79 Å². The molecular weight excluding hydrogens is 313 g/mol. The lowest BCUT2D eigenvalue weighted by Crippen LogP contribution is -2.17. The highest BCUT2D eigenvalue weighted by atomic mass is 79.9. The average Bonchev–Trinajstić information content (AvgIpc) is 2.69. The molecule has 0 aliphatic rings. The number of hydrogen-bond acceptors (Lipinski definition) is 2. The van der Waals surface area contributed by atoms with E-state index >= 15 is 0 Å². The largest absolute Gasteiger partial charge is 0.312 e. The smallest absolute Gasteiger partial charge is 0.123 e. The summed E-state index contributed by atoms with van der Waals surface area (Å²) in [5.41, 5.74) is 2.40. The molecule has 2 aromatic rings. The Morgan fingerprint density at radius 3 is 2.50 bits per heavy atom. The van der Waals surface area contributed by atoms with Crippen molar-refractivity contribution < 1.29 is 4.39 Å². The molecule has 0 fully saturated rings. The van der Waals surface area contributed by atoms with E-state index in [2.05, 4.69) is 34.2 Å². The maximum absolute atomic E-state index is 12.9. The van der Waals surface area contributed by atoms with Crippen LogP contribution >= 0.6 is 27.3 Å². The molecule has 1 aromatic heterocycles. The van der Waals surface area contributed by atoms with Crippen molar-refractivity contribution in [2.45, 2.75) is 19.4 Å². The number of nitrogens with one attached hydrogen (secondary N) is 1. The quantitative estimate of drug-likeness (QED) is 0.874. The van der Waals surface area contributed by atoms with Gasteiger partial charge in [-0.2, -0.15) is 0 Å². The molecular formula is C14H15BrFNS. The second-order valence-corrected chi connectivity index (χ2v) is 6.68. The fourth-order valence-corrected chi connectivity index (χ4v) is 3.54. The first-order valence-electron chi connectivity index (χ1n) is 5.77. The molecule has 0 spiro atoms. The van der Waals surface area contributed by atoms with E-state index in [4.69, 9.17) is 0 Å². The van der Waals surface area contributed by atoms with Gasteiger partial charge in [-0.05, 0) is 65.6 Å². The fourth-order valence-electron chi connectivity index (χ4n) is 1.86. The molecule has 2 rings (SSSR count). The zero-order chi connectivity index (χ0) is 13.1. The second-order valence-electron chi connectivity index (χ2n) is 4.28. The molecule has 1 unspecified atom stereocenters. The van der Waals surface area contributed by atoms with E-state index in [9.17, 15) is 4.39 Å². The van der Waals surface area contributed by atoms with Gasteiger partial charge >= 0.3 is 0 Å². The van der Waals surface area contributed by atoms with Crippen molar-refractivity contribution in [1.29, 1.82) is 0 Å². The van der Waals surface area contributed by atoms with E-state index < -0.39 is 0 Å². The standard InChI is InChI=1S/C14H15BrFNS/c1-9-7-13(18-14(9)15)12(17-2)8-10-3-5-11(16)6-4-10/h3-7,12,17H,8H2,1-2H3. The summed E-state index contributed by atoms with van der Waals surface area (Å²) in [4.78, 5) is 1.30. The van der Waals surface area contributed by atoms with Crippen LogP contribution in [-0.4, -0.2) is 7.05 Å². The number of benzene rings is 1. The summed E-state index contributed by atoms with van der Waals surface area (Å²) in [5, 5.41) is 3.32. The van der Waals surface area contributed by atoms with Crippen LogP contribution in [0.15, 0.2) is 34.1 Å². The maximum atomic E-state index is 12.9. The van der Waals surface area contributed by atoms with Crippen LogP contribution in [0.1, 0.15) is 22.0 Å². The van der Waals surface area contributed by atoms with Gasteiger partial charge in [0.2, 0.25) is 0 Å². The first-order chi connectivity index (χ1) is 8.60. The number of thiophene rings is 1. The third kappa shape index (κ3) is 3.19. The first-order valence-corrected chi connectivity index (χ1v) is 7.38. The van der Waals surface area contributed by atoms with Crippen molar-refractivity contribution in [3.63, 3.8) is 0 Å². The SMILES string of the molecule is CNC(Cc1ccc(F)cc1)c1cc(C)c(Br)s1. The summed E-state index contributed by atoms with van der Waals surface area (Å²) in [6.07, 6.45) is 0.864. The lowest BCUT2D eigenvalue weighted by molar-refractivity contribution is 0.597. The van der Waals surface area contributed by atoms with Gasteiger partial charge in [-0.3, -0.25) is 0 Å². The van der Waals surface area contributed by atoms with Gasteiger partial charge in [-0.25, -0.2) is 4.39 Å². The minimum atomic E-state index is -0.186. The van der Waals surface area contributed by atoms with E-state index in [-0.39, 0.29) is 11.9 Å². The van der Waals surface area contributed by atoms with Crippen LogP contribution in [0.5, 0.6) is 0 Å². The Hall–Kier alpha value is -0.710. The minimum Gasteiger partial charge on any atom is -0.312 e. The highest BCUT2D eigenvalue weighted by molar-refractivity contribution is 9.11. The van der Waals surface area contributed by atoms with Crippen LogP contribution in [0.25, 0.3) is 0 Å². The Morgan fingerprint density at radius 2 is 2.00 bits per heavy atom. The molecule has 18 heavy (non-hydrogen) atoms. The van der Waals surface area contributed by atoms with Crippen LogP contribution in [0, 0.1) is 12.7 Å². The van der Waals surface area contributed by atoms with Crippen molar-refractivity contribution in [2.24, 2.45) is 0 Å². The normalized spacial score (nSPS) is 12.7. The van der Waals surface area contributed by atoms with Gasteiger partial charge in [0.15, 0.2) is 0 Å². The van der Waals surface area contributed by atoms with Crippen LogP contribution in [0.4, 0.5) is 4.39 Å². The number of rotatable bonds is 4. The topological polar surface area (TPSA) is 12.0 Å². The summed E-state index contributed by atoms with van der Waals surface area (Å²) >= 11 is 5.30. The first kappa shape index (κ1) is 13.7. The molecule has 0 saturated carbocycles. The molecule has 1 aromatic carbocycles. The van der Waals surface area contributed by atoms with Crippen molar-refractivity contribution >= 4 is 27.3 Å². The average molecular weight is 328 g/mol. The number of aryl methyl sites for hydroxylation is 1. The maximum Gasteiger partial charge on any atom is 0.123 e. The van der Waals surface area contributed by atoms with E-state index in [1.165, 1.54) is 26.4 Å². The molecule has 1 N–H and O–H groups in total. The number of halogens is 2. The van der Waals surface area contributed by atoms with Crippen molar-refractivity contribution in [3.8, 4) is 0 Å². The molecule has 0 aliphatic carbocycles. The predicted molar refractivity (Wildman–Crippen MR) is 78.7 cm³/mol. The Morgan fingerprint density at radius 1 is 1.33 bits per heavy atom. The Labute approximate surface area is 119 Å². The molecule has 0 aliphatic heterocycles. The molecule has 1 atom stereocenters. The van der Waals surface area contributed by atoms with Gasteiger partial charge in [-0.15, -0.1) is 11.3 Å². The summed E-state index contributed by atoms with van der Waals surface area (Å²) < 4.78 is 14.0. The number of hydrogen-bond donors (Lipinski definition) is 1. The van der Waals surface area contributed by atoms with Crippen molar-refractivity contribution in [2.75, 3.05) is 7.05 Å². The Kier molecular flexibility index (Phi) is 4.54. The number of likely N-dealkylation sites (N-methyl/N-ethyl adjacent to an activating group) is 1. The Balaban J connectivity index is 2.16. The molecule has 0 saturated heterocycles. The van der Waals surface area contributed by atoms with Crippen molar-refractivity contribution in [1.82, 2.24) is 5.32 Å². The predicted octanol–water partition coefficient (Wildman–Crippen LogP) is 4.46. The molecule has 4 heteroatoms. The van der Waals surface area contributed by atoms with E-state index in [1.54, 1.807) is 11.3 Å². The fraction of sp³-hybridized carbons (Fsp3) is 0.286. The minimum absolute atomic E-state index is 0.186. The van der Waals surface area contributed by atoms with E-state index in [0.717, 1.165) is 12.0 Å². The zero-order valence-corrected chi connectivity index (χ0v) is 12.7. The van der Waals surface area contributed by atoms with Crippen molar-refractivity contribution in [3.05, 3.63) is 55.9 Å². The third-order valence-electron chi connectivity index (χ3n) is 2.92. The van der Waals surface area contributed by atoms with E-state index in [1.807, 2.05) is 19.2 Å². The van der Waals surface area contributed by atoms with Gasteiger partial charge in [-0.1, -0.05) is 12.1 Å². The summed E-state index contributed by atoms with van der Waals surface area (Å²) in [6.45, 7) is 2.09. The monoisotopic (exact) mass is 327 g/mol. The third-order valence-corrected chi connectivity index (χ3v) is 5.17. The van der Waals surface area contributed by atoms with Crippen LogP contribution < -0.4 is 5.32 Å². The Bertz CT molecular complexity index is 502. The molecule has 0 bridgehead atoms. The van der Waals surface area contributed by atoms with Gasteiger partial charge in [0.25, 0.3) is 0 Å². The lowest BCUT2D eigenvalue weighted by Gasteiger charge is -2.14. The van der Waals surface area contributed by atoms with Gasteiger partial charge < -0.3 is 5.32 Å². The highest BCUT2D eigenvalue weighted by Crippen LogP contribution is 2.32. The van der Waals surface area contributed by atoms with Gasteiger partial charge in [0, 0.05) is 10.9 Å². The molecule has 1 nitrogen and oxygen atoms in total. The van der Waals surface area contributed by atoms with Crippen LogP contribution in [0.2, 0.25) is 0 Å². The molecule has 1 heterocycles. The second kappa shape index (κ2) is 5.95. The molecule has 96 valence electrons. The summed E-state index contributed by atoms with van der Waals surface area (Å²) in [7, 11) is 1.96. The lowest BCUT2D eigenvalue weighted by atomic mass is 10.0. The van der Waals surface area contributed by atoms with E-state index in [0.29, 0.717) is 0 Å². The molecule has 0 radical (unpaired) electrons. The van der Waals surface area contributed by atoms with Crippen LogP contribution in [0.3, 0.4) is 0 Å². The summed E-state index contributed by atoms with van der Waals surface area (Å²) in [5.74, 6) is -0.186. The summed E-state index contributed by atoms with van der Waals surface area (Å²) in [6, 6.07) is 9.17. The zero-order valence-electron chi connectivity index (χ0n) is 10.3. The molecule has 0 amide bonds. The highest BCUT2D eigenvalue weighted by Gasteiger charge is 2.14. The van der Waals surface area contributed by atoms with Gasteiger partial charge in [0.1, 0.15) is 5.82 Å².